The van der Waals surface area contributed by atoms with Gasteiger partial charge >= 0.3 is 0 Å². The van der Waals surface area contributed by atoms with Gasteiger partial charge in [-0.2, -0.15) is 0 Å². The molecular weight excluding hydrogens is 390 g/mol. The summed E-state index contributed by atoms with van der Waals surface area (Å²) in [6.07, 6.45) is 0.778. The Morgan fingerprint density at radius 1 is 0.871 bits per heavy atom. The first-order valence-electron chi connectivity index (χ1n) is 10.6. The van der Waals surface area contributed by atoms with Crippen LogP contribution >= 0.6 is 0 Å². The zero-order chi connectivity index (χ0) is 22.6. The van der Waals surface area contributed by atoms with E-state index in [1.807, 2.05) is 62.4 Å². The van der Waals surface area contributed by atoms with Gasteiger partial charge in [0.05, 0.1) is 6.54 Å². The van der Waals surface area contributed by atoms with E-state index in [0.29, 0.717) is 30.8 Å². The van der Waals surface area contributed by atoms with Gasteiger partial charge in [0.25, 0.3) is 11.8 Å². The molecule has 0 unspecified atom stereocenters. The van der Waals surface area contributed by atoms with Gasteiger partial charge in [-0.15, -0.1) is 0 Å². The molecule has 0 radical (unpaired) electrons. The molecule has 166 valence electrons. The van der Waals surface area contributed by atoms with Crippen LogP contribution in [0.5, 0.6) is 0 Å². The van der Waals surface area contributed by atoms with Gasteiger partial charge in [0.15, 0.2) is 5.96 Å². The average molecular weight is 424 g/mol. The lowest BCUT2D eigenvalue weighted by Crippen LogP contribution is -2.38. The molecule has 0 bridgehead atoms. The topological polar surface area (TPSA) is 85.8 Å². The molecule has 7 nitrogen and oxygen atoms in total. The second-order valence-electron chi connectivity index (χ2n) is 7.33. The first-order chi connectivity index (χ1) is 14.9. The molecule has 0 aromatic heterocycles. The molecule has 0 fully saturated rings. The molecule has 2 rings (SSSR count). The minimum Gasteiger partial charge on any atom is -0.357 e. The van der Waals surface area contributed by atoms with Gasteiger partial charge in [0.1, 0.15) is 0 Å². The number of benzene rings is 2. The van der Waals surface area contributed by atoms with E-state index in [1.54, 1.807) is 19.0 Å². The number of carbonyl (C=O) groups is 2. The zero-order valence-corrected chi connectivity index (χ0v) is 18.9. The molecule has 0 spiro atoms. The lowest BCUT2D eigenvalue weighted by molar-refractivity contribution is 0.0827. The van der Waals surface area contributed by atoms with Gasteiger partial charge in [-0.05, 0) is 55.7 Å². The van der Waals surface area contributed by atoms with Crippen LogP contribution in [0.2, 0.25) is 0 Å². The SMILES string of the molecule is CCNC(=O)c1ccc(CN=C(NCC)NCCc2cccc(C(=O)N(C)C)c2)cc1. The minimum atomic E-state index is -0.0658. The van der Waals surface area contributed by atoms with E-state index in [1.165, 1.54) is 0 Å². The molecule has 2 aromatic rings. The Morgan fingerprint density at radius 2 is 1.58 bits per heavy atom. The molecule has 0 heterocycles. The summed E-state index contributed by atoms with van der Waals surface area (Å²) in [5, 5.41) is 9.37. The Bertz CT molecular complexity index is 891. The quantitative estimate of drug-likeness (QED) is 0.427. The third kappa shape index (κ3) is 7.77. The Balaban J connectivity index is 1.92. The summed E-state index contributed by atoms with van der Waals surface area (Å²) in [7, 11) is 3.51. The predicted octanol–water partition coefficient (Wildman–Crippen LogP) is 2.44. The minimum absolute atomic E-state index is 0.00269. The second-order valence-corrected chi connectivity index (χ2v) is 7.33. The van der Waals surface area contributed by atoms with Crippen LogP contribution in [0.4, 0.5) is 0 Å². The van der Waals surface area contributed by atoms with E-state index in [2.05, 4.69) is 20.9 Å². The highest BCUT2D eigenvalue weighted by molar-refractivity contribution is 5.94. The average Bonchev–Trinajstić information content (AvgIpc) is 2.77. The monoisotopic (exact) mass is 423 g/mol. The maximum atomic E-state index is 12.1. The number of hydrogen-bond donors (Lipinski definition) is 3. The van der Waals surface area contributed by atoms with Gasteiger partial charge in [-0.3, -0.25) is 9.59 Å². The smallest absolute Gasteiger partial charge is 0.253 e. The van der Waals surface area contributed by atoms with Crippen LogP contribution in [-0.4, -0.2) is 56.4 Å². The van der Waals surface area contributed by atoms with Crippen LogP contribution in [0, 0.1) is 0 Å². The number of rotatable bonds is 9. The number of amides is 2. The molecule has 0 aliphatic heterocycles. The highest BCUT2D eigenvalue weighted by Crippen LogP contribution is 2.08. The fourth-order valence-corrected chi connectivity index (χ4v) is 2.98. The summed E-state index contributed by atoms with van der Waals surface area (Å²) in [6, 6.07) is 15.2. The lowest BCUT2D eigenvalue weighted by Gasteiger charge is -2.13. The van der Waals surface area contributed by atoms with Gasteiger partial charge in [-0.25, -0.2) is 4.99 Å². The molecule has 0 saturated carbocycles. The second kappa shape index (κ2) is 12.4. The van der Waals surface area contributed by atoms with E-state index in [-0.39, 0.29) is 11.8 Å². The Labute approximate surface area is 184 Å². The molecule has 7 heteroatoms. The van der Waals surface area contributed by atoms with Gasteiger partial charge < -0.3 is 20.9 Å². The van der Waals surface area contributed by atoms with Crippen LogP contribution in [0.1, 0.15) is 45.7 Å². The number of nitrogens with zero attached hydrogens (tertiary/aromatic N) is 2. The molecule has 31 heavy (non-hydrogen) atoms. The van der Waals surface area contributed by atoms with Crippen molar-refractivity contribution in [3.05, 3.63) is 70.8 Å². The lowest BCUT2D eigenvalue weighted by atomic mass is 10.1. The molecule has 0 atom stereocenters. The summed E-state index contributed by atoms with van der Waals surface area (Å²) in [5.74, 6) is 0.669. The van der Waals surface area contributed by atoms with Crippen molar-refractivity contribution in [3.63, 3.8) is 0 Å². The normalized spacial score (nSPS) is 11.0. The Kier molecular flexibility index (Phi) is 9.55. The number of nitrogens with one attached hydrogen (secondary N) is 3. The Morgan fingerprint density at radius 3 is 2.23 bits per heavy atom. The fraction of sp³-hybridized carbons (Fsp3) is 0.375. The maximum Gasteiger partial charge on any atom is 0.253 e. The summed E-state index contributed by atoms with van der Waals surface area (Å²) in [6.45, 7) is 6.50. The van der Waals surface area contributed by atoms with E-state index >= 15 is 0 Å². The molecule has 0 saturated heterocycles. The van der Waals surface area contributed by atoms with Crippen molar-refractivity contribution in [2.75, 3.05) is 33.7 Å². The van der Waals surface area contributed by atoms with Crippen LogP contribution in [-0.2, 0) is 13.0 Å². The molecule has 2 amide bonds. The number of aliphatic imine (C=N–C) groups is 1. The number of carbonyl (C=O) groups excluding carboxylic acids is 2. The van der Waals surface area contributed by atoms with Gasteiger partial charge in [0.2, 0.25) is 0 Å². The third-order valence-corrected chi connectivity index (χ3v) is 4.60. The van der Waals surface area contributed by atoms with Crippen molar-refractivity contribution in [1.29, 1.82) is 0 Å². The fourth-order valence-electron chi connectivity index (χ4n) is 2.98. The summed E-state index contributed by atoms with van der Waals surface area (Å²) in [5.41, 5.74) is 3.46. The van der Waals surface area contributed by atoms with Gasteiger partial charge in [0, 0.05) is 44.9 Å². The molecule has 0 aliphatic rings. The van der Waals surface area contributed by atoms with Crippen LogP contribution in [0.15, 0.2) is 53.5 Å². The summed E-state index contributed by atoms with van der Waals surface area (Å²) in [4.78, 5) is 30.2. The van der Waals surface area contributed by atoms with E-state index < -0.39 is 0 Å². The third-order valence-electron chi connectivity index (χ3n) is 4.60. The predicted molar refractivity (Wildman–Crippen MR) is 125 cm³/mol. The largest absolute Gasteiger partial charge is 0.357 e. The van der Waals surface area contributed by atoms with Crippen molar-refractivity contribution in [2.45, 2.75) is 26.8 Å². The first-order valence-corrected chi connectivity index (χ1v) is 10.6. The Hall–Kier alpha value is -3.35. The van der Waals surface area contributed by atoms with E-state index in [4.69, 9.17) is 0 Å². The molecular formula is C24H33N5O2. The van der Waals surface area contributed by atoms with E-state index in [9.17, 15) is 9.59 Å². The summed E-state index contributed by atoms with van der Waals surface area (Å²) < 4.78 is 0. The van der Waals surface area contributed by atoms with Crippen molar-refractivity contribution in [3.8, 4) is 0 Å². The van der Waals surface area contributed by atoms with Crippen LogP contribution in [0.3, 0.4) is 0 Å². The number of guanidine groups is 1. The summed E-state index contributed by atoms with van der Waals surface area (Å²) >= 11 is 0. The molecule has 2 aromatic carbocycles. The number of hydrogen-bond acceptors (Lipinski definition) is 3. The first kappa shape index (κ1) is 23.9. The van der Waals surface area contributed by atoms with Crippen molar-refractivity contribution >= 4 is 17.8 Å². The zero-order valence-electron chi connectivity index (χ0n) is 18.9. The maximum absolute atomic E-state index is 12.1. The van der Waals surface area contributed by atoms with Crippen molar-refractivity contribution < 1.29 is 9.59 Å². The standard InChI is InChI=1S/C24H33N5O2/c1-5-25-22(30)20-12-10-19(11-13-20)17-28-24(26-6-2)27-15-14-18-8-7-9-21(16-18)23(31)29(3)4/h7-13,16H,5-6,14-15,17H2,1-4H3,(H,25,30)(H2,26,27,28). The van der Waals surface area contributed by atoms with Crippen molar-refractivity contribution in [1.82, 2.24) is 20.9 Å². The van der Waals surface area contributed by atoms with Crippen molar-refractivity contribution in [2.24, 2.45) is 4.99 Å². The molecule has 3 N–H and O–H groups in total. The van der Waals surface area contributed by atoms with Crippen LogP contribution < -0.4 is 16.0 Å². The van der Waals surface area contributed by atoms with Gasteiger partial charge in [-0.1, -0.05) is 24.3 Å². The highest BCUT2D eigenvalue weighted by Gasteiger charge is 2.08. The van der Waals surface area contributed by atoms with Crippen LogP contribution in [0.25, 0.3) is 0 Å². The molecule has 0 aliphatic carbocycles. The van der Waals surface area contributed by atoms with E-state index in [0.717, 1.165) is 30.1 Å². The highest BCUT2D eigenvalue weighted by atomic mass is 16.2.